The van der Waals surface area contributed by atoms with Crippen molar-refractivity contribution in [1.82, 2.24) is 10.2 Å². The molecule has 1 N–H and O–H groups in total. The average Bonchev–Trinajstić information content (AvgIpc) is 3.25. The first kappa shape index (κ1) is 19.3. The molecule has 3 aromatic rings. The Labute approximate surface area is 179 Å². The van der Waals surface area contributed by atoms with Crippen molar-refractivity contribution in [2.45, 2.75) is 50.6 Å². The minimum atomic E-state index is 0.0734. The summed E-state index contributed by atoms with van der Waals surface area (Å²) in [5.41, 5.74) is 3.82. The lowest BCUT2D eigenvalue weighted by Gasteiger charge is -2.34. The molecular formula is C27H30N2O. The van der Waals surface area contributed by atoms with Crippen molar-refractivity contribution < 1.29 is 4.79 Å². The highest BCUT2D eigenvalue weighted by Gasteiger charge is 2.34. The topological polar surface area (TPSA) is 32.3 Å². The smallest absolute Gasteiger partial charge is 0.224 e. The second-order valence-corrected chi connectivity index (χ2v) is 8.76. The van der Waals surface area contributed by atoms with Gasteiger partial charge in [-0.3, -0.25) is 9.69 Å². The molecule has 0 radical (unpaired) electrons. The average molecular weight is 399 g/mol. The number of nitrogens with one attached hydrogen (secondary N) is 1. The van der Waals surface area contributed by atoms with E-state index in [1.54, 1.807) is 0 Å². The summed E-state index contributed by atoms with van der Waals surface area (Å²) in [5.74, 6) is 0.122. The Morgan fingerprint density at radius 3 is 2.57 bits per heavy atom. The molecule has 2 atom stereocenters. The summed E-state index contributed by atoms with van der Waals surface area (Å²) < 4.78 is 0. The lowest BCUT2D eigenvalue weighted by molar-refractivity contribution is -0.121. The number of hydrogen-bond donors (Lipinski definition) is 1. The van der Waals surface area contributed by atoms with Crippen LogP contribution < -0.4 is 5.32 Å². The third-order valence-electron chi connectivity index (χ3n) is 6.88. The van der Waals surface area contributed by atoms with Crippen LogP contribution in [-0.2, 0) is 17.6 Å². The quantitative estimate of drug-likeness (QED) is 0.625. The standard InChI is InChI=1S/C27H30N2O/c30-26(19-22-13-7-11-20-9-1-3-14-23(20)22)28-27-24-15-4-2-10-21(24)12-8-16-25(27)29-17-5-6-18-29/h1-4,7,9-11,13-15,25,27H,5-6,8,12,16-19H2,(H,28,30). The number of nitrogens with zero attached hydrogens (tertiary/aromatic N) is 1. The number of likely N-dealkylation sites (tertiary alicyclic amines) is 1. The van der Waals surface area contributed by atoms with Gasteiger partial charge in [0.25, 0.3) is 0 Å². The summed E-state index contributed by atoms with van der Waals surface area (Å²) in [6.07, 6.45) is 6.41. The fraction of sp³-hybridized carbons (Fsp3) is 0.370. The Kier molecular flexibility index (Phi) is 5.54. The molecule has 0 bridgehead atoms. The fourth-order valence-electron chi connectivity index (χ4n) is 5.43. The van der Waals surface area contributed by atoms with Crippen LogP contribution in [0.2, 0.25) is 0 Å². The highest BCUT2D eigenvalue weighted by Crippen LogP contribution is 2.33. The van der Waals surface area contributed by atoms with Crippen molar-refractivity contribution in [2.75, 3.05) is 13.1 Å². The highest BCUT2D eigenvalue weighted by atomic mass is 16.1. The van der Waals surface area contributed by atoms with Crippen molar-refractivity contribution in [1.29, 1.82) is 0 Å². The number of carbonyl (C=O) groups excluding carboxylic acids is 1. The number of benzene rings is 3. The van der Waals surface area contributed by atoms with Crippen LogP contribution in [0.15, 0.2) is 66.7 Å². The zero-order chi connectivity index (χ0) is 20.3. The van der Waals surface area contributed by atoms with Gasteiger partial charge in [-0.05, 0) is 72.7 Å². The summed E-state index contributed by atoms with van der Waals surface area (Å²) in [7, 11) is 0. The van der Waals surface area contributed by atoms with Crippen LogP contribution >= 0.6 is 0 Å². The fourth-order valence-corrected chi connectivity index (χ4v) is 5.43. The molecule has 5 rings (SSSR count). The molecule has 2 aliphatic rings. The first-order chi connectivity index (χ1) is 14.8. The third kappa shape index (κ3) is 3.87. The molecule has 154 valence electrons. The second-order valence-electron chi connectivity index (χ2n) is 8.76. The van der Waals surface area contributed by atoms with Crippen LogP contribution in [0.3, 0.4) is 0 Å². The zero-order valence-electron chi connectivity index (χ0n) is 17.5. The molecule has 1 heterocycles. The molecule has 3 aromatic carbocycles. The van der Waals surface area contributed by atoms with Gasteiger partial charge in [0.15, 0.2) is 0 Å². The maximum atomic E-state index is 13.3. The van der Waals surface area contributed by atoms with Gasteiger partial charge in [-0.25, -0.2) is 0 Å². The maximum absolute atomic E-state index is 13.3. The first-order valence-corrected chi connectivity index (χ1v) is 11.4. The molecule has 1 aliphatic heterocycles. The van der Waals surface area contributed by atoms with E-state index in [1.165, 1.54) is 41.2 Å². The van der Waals surface area contributed by atoms with E-state index in [4.69, 9.17) is 0 Å². The van der Waals surface area contributed by atoms with E-state index in [0.717, 1.165) is 31.5 Å². The zero-order valence-corrected chi connectivity index (χ0v) is 17.5. The minimum Gasteiger partial charge on any atom is -0.347 e. The van der Waals surface area contributed by atoms with Crippen molar-refractivity contribution in [3.63, 3.8) is 0 Å². The Balaban J connectivity index is 1.43. The Hall–Kier alpha value is -2.65. The van der Waals surface area contributed by atoms with Crippen LogP contribution in [0.4, 0.5) is 0 Å². The Morgan fingerprint density at radius 1 is 0.900 bits per heavy atom. The number of amides is 1. The van der Waals surface area contributed by atoms with E-state index >= 15 is 0 Å². The van der Waals surface area contributed by atoms with Gasteiger partial charge in [0, 0.05) is 6.04 Å². The first-order valence-electron chi connectivity index (χ1n) is 11.4. The van der Waals surface area contributed by atoms with Gasteiger partial charge in [-0.2, -0.15) is 0 Å². The molecule has 1 aliphatic carbocycles. The maximum Gasteiger partial charge on any atom is 0.224 e. The number of carbonyl (C=O) groups is 1. The number of aryl methyl sites for hydroxylation is 1. The van der Waals surface area contributed by atoms with Gasteiger partial charge in [0.1, 0.15) is 0 Å². The molecule has 1 saturated heterocycles. The summed E-state index contributed by atoms with van der Waals surface area (Å²) in [6.45, 7) is 2.31. The molecule has 1 fully saturated rings. The molecule has 3 nitrogen and oxygen atoms in total. The van der Waals surface area contributed by atoms with E-state index in [9.17, 15) is 4.79 Å². The van der Waals surface area contributed by atoms with Crippen LogP contribution in [-0.4, -0.2) is 29.9 Å². The number of hydrogen-bond acceptors (Lipinski definition) is 2. The summed E-state index contributed by atoms with van der Waals surface area (Å²) in [6, 6.07) is 23.8. The molecule has 0 saturated carbocycles. The van der Waals surface area contributed by atoms with E-state index < -0.39 is 0 Å². The van der Waals surface area contributed by atoms with Crippen LogP contribution in [0.5, 0.6) is 0 Å². The molecule has 0 spiro atoms. The lowest BCUT2D eigenvalue weighted by atomic mass is 9.94. The van der Waals surface area contributed by atoms with Crippen molar-refractivity contribution in [3.8, 4) is 0 Å². The van der Waals surface area contributed by atoms with E-state index in [2.05, 4.69) is 76.9 Å². The van der Waals surface area contributed by atoms with E-state index in [1.807, 2.05) is 0 Å². The normalized spacial score (nSPS) is 21.9. The van der Waals surface area contributed by atoms with Gasteiger partial charge in [-0.1, -0.05) is 66.7 Å². The summed E-state index contributed by atoms with van der Waals surface area (Å²) >= 11 is 0. The van der Waals surface area contributed by atoms with Gasteiger partial charge < -0.3 is 5.32 Å². The Bertz CT molecular complexity index is 1030. The predicted octanol–water partition coefficient (Wildman–Crippen LogP) is 5.04. The molecule has 30 heavy (non-hydrogen) atoms. The lowest BCUT2D eigenvalue weighted by Crippen LogP contribution is -2.45. The van der Waals surface area contributed by atoms with E-state index in [-0.39, 0.29) is 11.9 Å². The molecule has 0 aromatic heterocycles. The Morgan fingerprint density at radius 2 is 1.67 bits per heavy atom. The van der Waals surface area contributed by atoms with Gasteiger partial charge in [-0.15, -0.1) is 0 Å². The third-order valence-corrected chi connectivity index (χ3v) is 6.88. The number of rotatable bonds is 4. The van der Waals surface area contributed by atoms with Crippen molar-refractivity contribution in [2.24, 2.45) is 0 Å². The number of fused-ring (bicyclic) bond motifs is 2. The van der Waals surface area contributed by atoms with Crippen molar-refractivity contribution >= 4 is 16.7 Å². The molecule has 3 heteroatoms. The van der Waals surface area contributed by atoms with Gasteiger partial charge in [0.05, 0.1) is 12.5 Å². The van der Waals surface area contributed by atoms with Crippen LogP contribution in [0, 0.1) is 0 Å². The monoisotopic (exact) mass is 398 g/mol. The molecule has 2 unspecified atom stereocenters. The minimum absolute atomic E-state index is 0.0734. The molecular weight excluding hydrogens is 368 g/mol. The van der Waals surface area contributed by atoms with Gasteiger partial charge in [0.2, 0.25) is 5.91 Å². The highest BCUT2D eigenvalue weighted by molar-refractivity contribution is 5.90. The van der Waals surface area contributed by atoms with Crippen LogP contribution in [0.1, 0.15) is 48.4 Å². The van der Waals surface area contributed by atoms with Crippen LogP contribution in [0.25, 0.3) is 10.8 Å². The predicted molar refractivity (Wildman–Crippen MR) is 123 cm³/mol. The second kappa shape index (κ2) is 8.61. The van der Waals surface area contributed by atoms with Crippen molar-refractivity contribution in [3.05, 3.63) is 83.4 Å². The largest absolute Gasteiger partial charge is 0.347 e. The van der Waals surface area contributed by atoms with Gasteiger partial charge >= 0.3 is 0 Å². The summed E-state index contributed by atoms with van der Waals surface area (Å²) in [5, 5.41) is 5.84. The SMILES string of the molecule is O=C(Cc1cccc2ccccc12)NC1c2ccccc2CCCC1N1CCCC1. The van der Waals surface area contributed by atoms with E-state index in [0.29, 0.717) is 12.5 Å². The molecule has 1 amide bonds. The summed E-state index contributed by atoms with van der Waals surface area (Å²) in [4.78, 5) is 15.9.